The summed E-state index contributed by atoms with van der Waals surface area (Å²) in [6.45, 7) is 6.12. The van der Waals surface area contributed by atoms with Gasteiger partial charge in [0.1, 0.15) is 12.4 Å². The fraction of sp³-hybridized carbons (Fsp3) is 0.500. The SMILES string of the molecule is CCC(C)Cc1cccc(OCC(C)=O)c1. The van der Waals surface area contributed by atoms with Gasteiger partial charge < -0.3 is 4.74 Å². The zero-order valence-corrected chi connectivity index (χ0v) is 10.3. The largest absolute Gasteiger partial charge is 0.486 e. The number of ketones is 1. The minimum Gasteiger partial charge on any atom is -0.486 e. The van der Waals surface area contributed by atoms with Crippen LogP contribution in [0.5, 0.6) is 5.75 Å². The van der Waals surface area contributed by atoms with E-state index in [1.165, 1.54) is 18.9 Å². The summed E-state index contributed by atoms with van der Waals surface area (Å²) in [6, 6.07) is 8.00. The van der Waals surface area contributed by atoms with E-state index in [2.05, 4.69) is 19.9 Å². The van der Waals surface area contributed by atoms with Gasteiger partial charge in [-0.3, -0.25) is 4.79 Å². The van der Waals surface area contributed by atoms with Crippen molar-refractivity contribution in [2.75, 3.05) is 6.61 Å². The molecular weight excluding hydrogens is 200 g/mol. The van der Waals surface area contributed by atoms with Crippen molar-refractivity contribution in [3.05, 3.63) is 29.8 Å². The van der Waals surface area contributed by atoms with Gasteiger partial charge in [0, 0.05) is 0 Å². The molecule has 0 spiro atoms. The third kappa shape index (κ3) is 4.47. The van der Waals surface area contributed by atoms with Gasteiger partial charge in [-0.05, 0) is 37.0 Å². The van der Waals surface area contributed by atoms with Crippen molar-refractivity contribution in [1.82, 2.24) is 0 Å². The number of hydrogen-bond acceptors (Lipinski definition) is 2. The van der Waals surface area contributed by atoms with Crippen LogP contribution in [0.4, 0.5) is 0 Å². The lowest BCUT2D eigenvalue weighted by Crippen LogP contribution is -2.07. The number of carbonyl (C=O) groups is 1. The first-order valence-electron chi connectivity index (χ1n) is 5.83. The predicted octanol–water partition coefficient (Wildman–Crippen LogP) is 3.24. The molecule has 0 amide bonds. The Morgan fingerprint density at radius 1 is 1.44 bits per heavy atom. The fourth-order valence-corrected chi connectivity index (χ4v) is 1.49. The van der Waals surface area contributed by atoms with Crippen molar-refractivity contribution in [2.45, 2.75) is 33.6 Å². The molecule has 0 fully saturated rings. The molecule has 0 N–H and O–H groups in total. The van der Waals surface area contributed by atoms with E-state index in [1.54, 1.807) is 0 Å². The number of benzene rings is 1. The lowest BCUT2D eigenvalue weighted by molar-refractivity contribution is -0.118. The molecule has 0 radical (unpaired) electrons. The van der Waals surface area contributed by atoms with Crippen LogP contribution in [-0.2, 0) is 11.2 Å². The predicted molar refractivity (Wildman–Crippen MR) is 65.8 cm³/mol. The van der Waals surface area contributed by atoms with Crippen LogP contribution in [0.25, 0.3) is 0 Å². The van der Waals surface area contributed by atoms with E-state index in [0.29, 0.717) is 5.92 Å². The highest BCUT2D eigenvalue weighted by Crippen LogP contribution is 2.17. The van der Waals surface area contributed by atoms with Crippen LogP contribution in [0.1, 0.15) is 32.8 Å². The summed E-state index contributed by atoms with van der Waals surface area (Å²) in [5.41, 5.74) is 1.27. The first-order chi connectivity index (χ1) is 7.61. The molecule has 0 aliphatic carbocycles. The summed E-state index contributed by atoms with van der Waals surface area (Å²) in [5.74, 6) is 1.52. The lowest BCUT2D eigenvalue weighted by atomic mass is 9.99. The molecule has 0 aliphatic heterocycles. The molecule has 0 heterocycles. The summed E-state index contributed by atoms with van der Waals surface area (Å²) in [4.78, 5) is 10.8. The number of ether oxygens (including phenoxy) is 1. The van der Waals surface area contributed by atoms with Gasteiger partial charge in [-0.25, -0.2) is 0 Å². The Hall–Kier alpha value is -1.31. The zero-order valence-electron chi connectivity index (χ0n) is 10.3. The quantitative estimate of drug-likeness (QED) is 0.735. The van der Waals surface area contributed by atoms with E-state index in [4.69, 9.17) is 4.74 Å². The zero-order chi connectivity index (χ0) is 12.0. The van der Waals surface area contributed by atoms with Gasteiger partial charge in [0.05, 0.1) is 0 Å². The highest BCUT2D eigenvalue weighted by atomic mass is 16.5. The minimum atomic E-state index is 0.0485. The molecule has 1 aromatic rings. The smallest absolute Gasteiger partial charge is 0.167 e. The number of rotatable bonds is 6. The highest BCUT2D eigenvalue weighted by Gasteiger charge is 2.03. The summed E-state index contributed by atoms with van der Waals surface area (Å²) in [7, 11) is 0. The molecule has 0 bridgehead atoms. The molecule has 1 aromatic carbocycles. The number of carbonyl (C=O) groups excluding carboxylic acids is 1. The molecule has 0 aliphatic rings. The summed E-state index contributed by atoms with van der Waals surface area (Å²) in [5, 5.41) is 0. The van der Waals surface area contributed by atoms with Gasteiger partial charge in [-0.15, -0.1) is 0 Å². The number of hydrogen-bond donors (Lipinski definition) is 0. The first-order valence-corrected chi connectivity index (χ1v) is 5.83. The Balaban J connectivity index is 2.60. The maximum absolute atomic E-state index is 10.8. The molecule has 2 nitrogen and oxygen atoms in total. The van der Waals surface area contributed by atoms with Gasteiger partial charge >= 0.3 is 0 Å². The molecule has 0 saturated carbocycles. The maximum atomic E-state index is 10.8. The molecule has 2 heteroatoms. The third-order valence-corrected chi connectivity index (χ3v) is 2.62. The second-order valence-corrected chi connectivity index (χ2v) is 4.36. The average molecular weight is 220 g/mol. The van der Waals surface area contributed by atoms with Crippen LogP contribution in [0, 0.1) is 5.92 Å². The van der Waals surface area contributed by atoms with Crippen LogP contribution in [-0.4, -0.2) is 12.4 Å². The lowest BCUT2D eigenvalue weighted by Gasteiger charge is -2.10. The van der Waals surface area contributed by atoms with Gasteiger partial charge in [0.25, 0.3) is 0 Å². The molecule has 1 unspecified atom stereocenters. The maximum Gasteiger partial charge on any atom is 0.167 e. The Labute approximate surface area is 97.6 Å². The highest BCUT2D eigenvalue weighted by molar-refractivity contribution is 5.77. The van der Waals surface area contributed by atoms with E-state index in [-0.39, 0.29) is 12.4 Å². The monoisotopic (exact) mass is 220 g/mol. The normalized spacial score (nSPS) is 12.2. The molecular formula is C14H20O2. The Kier molecular flexibility index (Phi) is 5.03. The topological polar surface area (TPSA) is 26.3 Å². The van der Waals surface area contributed by atoms with Gasteiger partial charge in [0.2, 0.25) is 0 Å². The standard InChI is InChI=1S/C14H20O2/c1-4-11(2)8-13-6-5-7-14(9-13)16-10-12(3)15/h5-7,9,11H,4,8,10H2,1-3H3. The van der Waals surface area contributed by atoms with E-state index < -0.39 is 0 Å². The molecule has 1 rings (SSSR count). The van der Waals surface area contributed by atoms with Gasteiger partial charge in [-0.2, -0.15) is 0 Å². The molecule has 16 heavy (non-hydrogen) atoms. The van der Waals surface area contributed by atoms with Crippen LogP contribution < -0.4 is 4.74 Å². The van der Waals surface area contributed by atoms with Crippen molar-refractivity contribution in [3.8, 4) is 5.75 Å². The first kappa shape index (κ1) is 12.8. The van der Waals surface area contributed by atoms with Crippen molar-refractivity contribution < 1.29 is 9.53 Å². The van der Waals surface area contributed by atoms with Crippen molar-refractivity contribution in [2.24, 2.45) is 5.92 Å². The second-order valence-electron chi connectivity index (χ2n) is 4.36. The Morgan fingerprint density at radius 3 is 2.81 bits per heavy atom. The second kappa shape index (κ2) is 6.31. The van der Waals surface area contributed by atoms with Gasteiger partial charge in [-0.1, -0.05) is 32.4 Å². The van der Waals surface area contributed by atoms with E-state index in [1.807, 2.05) is 18.2 Å². The van der Waals surface area contributed by atoms with Crippen molar-refractivity contribution in [1.29, 1.82) is 0 Å². The summed E-state index contributed by atoms with van der Waals surface area (Å²) < 4.78 is 5.37. The average Bonchev–Trinajstić information content (AvgIpc) is 2.26. The van der Waals surface area contributed by atoms with Crippen LogP contribution in [0.15, 0.2) is 24.3 Å². The van der Waals surface area contributed by atoms with Crippen LogP contribution >= 0.6 is 0 Å². The van der Waals surface area contributed by atoms with Crippen molar-refractivity contribution >= 4 is 5.78 Å². The summed E-state index contributed by atoms with van der Waals surface area (Å²) >= 11 is 0. The molecule has 0 saturated heterocycles. The van der Waals surface area contributed by atoms with Gasteiger partial charge in [0.15, 0.2) is 5.78 Å². The van der Waals surface area contributed by atoms with E-state index in [9.17, 15) is 4.79 Å². The van der Waals surface area contributed by atoms with Crippen molar-refractivity contribution in [3.63, 3.8) is 0 Å². The number of Topliss-reactive ketones (excluding diaryl/α,β-unsaturated/α-hetero) is 1. The van der Waals surface area contributed by atoms with E-state index >= 15 is 0 Å². The van der Waals surface area contributed by atoms with E-state index in [0.717, 1.165) is 12.2 Å². The Bertz CT molecular complexity index is 344. The van der Waals surface area contributed by atoms with Crippen LogP contribution in [0.3, 0.4) is 0 Å². The fourth-order valence-electron chi connectivity index (χ4n) is 1.49. The Morgan fingerprint density at radius 2 is 2.19 bits per heavy atom. The summed E-state index contributed by atoms with van der Waals surface area (Å²) in [6.07, 6.45) is 2.24. The third-order valence-electron chi connectivity index (χ3n) is 2.62. The minimum absolute atomic E-state index is 0.0485. The molecule has 0 aromatic heterocycles. The molecule has 88 valence electrons. The molecule has 1 atom stereocenters. The van der Waals surface area contributed by atoms with Crippen LogP contribution in [0.2, 0.25) is 0 Å².